The topological polar surface area (TPSA) is 24.1 Å². The van der Waals surface area contributed by atoms with Crippen molar-refractivity contribution in [1.29, 1.82) is 0 Å². The van der Waals surface area contributed by atoms with Gasteiger partial charge in [-0.05, 0) is 35.7 Å². The molecule has 2 nitrogen and oxygen atoms in total. The summed E-state index contributed by atoms with van der Waals surface area (Å²) >= 11 is 5.20. The molecule has 0 spiro atoms. The molecule has 0 aromatic heterocycles. The molecule has 1 atom stereocenters. The van der Waals surface area contributed by atoms with E-state index in [9.17, 15) is 0 Å². The number of rotatable bonds is 5. The van der Waals surface area contributed by atoms with Gasteiger partial charge in [0, 0.05) is 7.05 Å². The Kier molecular flexibility index (Phi) is 6.13. The Morgan fingerprint density at radius 3 is 2.28 bits per heavy atom. The van der Waals surface area contributed by atoms with Gasteiger partial charge in [0.15, 0.2) is 5.11 Å². The molecule has 0 aliphatic carbocycles. The van der Waals surface area contributed by atoms with Gasteiger partial charge in [-0.3, -0.25) is 0 Å². The van der Waals surface area contributed by atoms with Crippen molar-refractivity contribution in [2.24, 2.45) is 5.92 Å². The molecule has 0 radical (unpaired) electrons. The summed E-state index contributed by atoms with van der Waals surface area (Å²) in [7, 11) is 1.84. The summed E-state index contributed by atoms with van der Waals surface area (Å²) in [5.74, 6) is 0.494. The van der Waals surface area contributed by atoms with Gasteiger partial charge in [-0.25, -0.2) is 0 Å². The highest BCUT2D eigenvalue weighted by Gasteiger charge is 2.16. The number of nitrogens with one attached hydrogen (secondary N) is 2. The van der Waals surface area contributed by atoms with Crippen LogP contribution in [0.4, 0.5) is 0 Å². The Labute approximate surface area is 116 Å². The molecule has 1 rings (SSSR count). The number of hydrogen-bond donors (Lipinski definition) is 2. The van der Waals surface area contributed by atoms with Crippen molar-refractivity contribution in [3.05, 3.63) is 35.4 Å². The first kappa shape index (κ1) is 15.0. The molecule has 0 saturated heterocycles. The molecule has 18 heavy (non-hydrogen) atoms. The molecule has 1 aromatic rings. The van der Waals surface area contributed by atoms with Crippen LogP contribution in [0.1, 0.15) is 44.4 Å². The van der Waals surface area contributed by atoms with E-state index in [2.05, 4.69) is 55.7 Å². The number of aryl methyl sites for hydroxylation is 1. The Bertz CT molecular complexity index is 371. The quantitative estimate of drug-likeness (QED) is 0.797. The van der Waals surface area contributed by atoms with Crippen molar-refractivity contribution in [3.8, 4) is 0 Å². The first-order chi connectivity index (χ1) is 8.58. The molecule has 0 unspecified atom stereocenters. The standard InChI is InChI=1S/C15H24N2S/c1-5-6-12-7-9-13(10-8-12)14(11(2)3)17-15(18)16-4/h7-11,14H,5-6H2,1-4H3,(H2,16,17,18)/t14-/m0/s1. The SMILES string of the molecule is CCCc1ccc([C@@H](NC(=S)NC)C(C)C)cc1. The lowest BCUT2D eigenvalue weighted by Gasteiger charge is -2.24. The zero-order chi connectivity index (χ0) is 13.5. The predicted octanol–water partition coefficient (Wildman–Crippen LogP) is 3.43. The zero-order valence-electron chi connectivity index (χ0n) is 11.8. The zero-order valence-corrected chi connectivity index (χ0v) is 12.6. The summed E-state index contributed by atoms with van der Waals surface area (Å²) in [6.07, 6.45) is 2.34. The molecule has 0 aliphatic rings. The van der Waals surface area contributed by atoms with Crippen LogP contribution in [0.5, 0.6) is 0 Å². The van der Waals surface area contributed by atoms with Crippen molar-refractivity contribution in [1.82, 2.24) is 10.6 Å². The van der Waals surface area contributed by atoms with Gasteiger partial charge in [-0.1, -0.05) is 51.5 Å². The minimum Gasteiger partial charge on any atom is -0.366 e. The minimum absolute atomic E-state index is 0.264. The van der Waals surface area contributed by atoms with E-state index < -0.39 is 0 Å². The van der Waals surface area contributed by atoms with Crippen LogP contribution in [-0.2, 0) is 6.42 Å². The van der Waals surface area contributed by atoms with Gasteiger partial charge in [-0.15, -0.1) is 0 Å². The van der Waals surface area contributed by atoms with Crippen molar-refractivity contribution in [2.45, 2.75) is 39.7 Å². The van der Waals surface area contributed by atoms with Crippen LogP contribution < -0.4 is 10.6 Å². The van der Waals surface area contributed by atoms with E-state index in [0.717, 1.165) is 6.42 Å². The van der Waals surface area contributed by atoms with Gasteiger partial charge in [0.25, 0.3) is 0 Å². The van der Waals surface area contributed by atoms with Crippen molar-refractivity contribution in [3.63, 3.8) is 0 Å². The molecule has 3 heteroatoms. The van der Waals surface area contributed by atoms with Crippen LogP contribution in [0.3, 0.4) is 0 Å². The second-order valence-corrected chi connectivity index (χ2v) is 5.34. The van der Waals surface area contributed by atoms with Gasteiger partial charge in [0.2, 0.25) is 0 Å². The molecule has 1 aromatic carbocycles. The Morgan fingerprint density at radius 2 is 1.83 bits per heavy atom. The smallest absolute Gasteiger partial charge is 0.166 e. The summed E-state index contributed by atoms with van der Waals surface area (Å²) in [5.41, 5.74) is 2.70. The van der Waals surface area contributed by atoms with Gasteiger partial charge in [-0.2, -0.15) is 0 Å². The molecule has 0 aliphatic heterocycles. The second kappa shape index (κ2) is 7.37. The molecule has 0 heterocycles. The van der Waals surface area contributed by atoms with Gasteiger partial charge in [0.1, 0.15) is 0 Å². The van der Waals surface area contributed by atoms with E-state index in [-0.39, 0.29) is 6.04 Å². The van der Waals surface area contributed by atoms with Gasteiger partial charge in [0.05, 0.1) is 6.04 Å². The van der Waals surface area contributed by atoms with E-state index in [1.807, 2.05) is 7.05 Å². The average Bonchev–Trinajstić information content (AvgIpc) is 2.37. The highest BCUT2D eigenvalue weighted by atomic mass is 32.1. The van der Waals surface area contributed by atoms with Crippen LogP contribution in [0.2, 0.25) is 0 Å². The first-order valence-electron chi connectivity index (χ1n) is 6.65. The molecule has 100 valence electrons. The third kappa shape index (κ3) is 4.30. The lowest BCUT2D eigenvalue weighted by atomic mass is 9.95. The van der Waals surface area contributed by atoms with E-state index in [4.69, 9.17) is 12.2 Å². The Morgan fingerprint density at radius 1 is 1.22 bits per heavy atom. The lowest BCUT2D eigenvalue weighted by Crippen LogP contribution is -2.37. The summed E-state index contributed by atoms with van der Waals surface area (Å²) in [4.78, 5) is 0. The summed E-state index contributed by atoms with van der Waals surface area (Å²) in [6.45, 7) is 6.61. The third-order valence-electron chi connectivity index (χ3n) is 3.06. The van der Waals surface area contributed by atoms with E-state index in [0.29, 0.717) is 11.0 Å². The lowest BCUT2D eigenvalue weighted by molar-refractivity contribution is 0.470. The van der Waals surface area contributed by atoms with Crippen molar-refractivity contribution < 1.29 is 0 Å². The van der Waals surface area contributed by atoms with E-state index >= 15 is 0 Å². The molecule has 0 bridgehead atoms. The van der Waals surface area contributed by atoms with Crippen LogP contribution in [-0.4, -0.2) is 12.2 Å². The van der Waals surface area contributed by atoms with Crippen LogP contribution in [0.15, 0.2) is 24.3 Å². The first-order valence-corrected chi connectivity index (χ1v) is 7.06. The monoisotopic (exact) mass is 264 g/mol. The third-order valence-corrected chi connectivity index (χ3v) is 3.38. The van der Waals surface area contributed by atoms with Crippen LogP contribution >= 0.6 is 12.2 Å². The fraction of sp³-hybridized carbons (Fsp3) is 0.533. The van der Waals surface area contributed by atoms with Crippen molar-refractivity contribution in [2.75, 3.05) is 7.05 Å². The molecular weight excluding hydrogens is 240 g/mol. The summed E-state index contributed by atoms with van der Waals surface area (Å²) < 4.78 is 0. The van der Waals surface area contributed by atoms with E-state index in [1.165, 1.54) is 17.5 Å². The maximum atomic E-state index is 5.20. The summed E-state index contributed by atoms with van der Waals surface area (Å²) in [5, 5.41) is 7.03. The number of hydrogen-bond acceptors (Lipinski definition) is 1. The van der Waals surface area contributed by atoms with Crippen LogP contribution in [0.25, 0.3) is 0 Å². The predicted molar refractivity (Wildman–Crippen MR) is 82.8 cm³/mol. The highest BCUT2D eigenvalue weighted by molar-refractivity contribution is 7.80. The molecule has 0 amide bonds. The largest absolute Gasteiger partial charge is 0.366 e. The Balaban J connectivity index is 2.82. The maximum Gasteiger partial charge on any atom is 0.166 e. The average molecular weight is 264 g/mol. The van der Waals surface area contributed by atoms with Gasteiger partial charge >= 0.3 is 0 Å². The molecule has 2 N–H and O–H groups in total. The Hall–Kier alpha value is -1.09. The minimum atomic E-state index is 0.264. The molecular formula is C15H24N2S. The number of benzene rings is 1. The van der Waals surface area contributed by atoms with E-state index in [1.54, 1.807) is 0 Å². The summed E-state index contributed by atoms with van der Waals surface area (Å²) in [6, 6.07) is 9.12. The fourth-order valence-corrected chi connectivity index (χ4v) is 2.16. The molecule has 0 fully saturated rings. The normalized spacial score (nSPS) is 12.3. The highest BCUT2D eigenvalue weighted by Crippen LogP contribution is 2.22. The number of thiocarbonyl (C=S) groups is 1. The second-order valence-electron chi connectivity index (χ2n) is 4.94. The maximum absolute atomic E-state index is 5.20. The van der Waals surface area contributed by atoms with Gasteiger partial charge < -0.3 is 10.6 Å². The van der Waals surface area contributed by atoms with Crippen LogP contribution in [0, 0.1) is 5.92 Å². The van der Waals surface area contributed by atoms with Crippen molar-refractivity contribution >= 4 is 17.3 Å². The molecule has 0 saturated carbocycles. The fourth-order valence-electron chi connectivity index (χ4n) is 2.03.